The van der Waals surface area contributed by atoms with E-state index in [0.29, 0.717) is 11.1 Å². The normalized spacial score (nSPS) is 14.4. The number of nitrogens with one attached hydrogen (secondary N) is 1. The van der Waals surface area contributed by atoms with Crippen LogP contribution >= 0.6 is 0 Å². The fraction of sp³-hybridized carbons (Fsp3) is 0.158. The van der Waals surface area contributed by atoms with E-state index in [9.17, 15) is 13.2 Å². The standard InChI is InChI=1S/C19H16N2O3S/c20-13-15-3-1-2-14(12-15)4-11-19(22)16-5-9-18(10-6-16)25(23,24)21-17-7-8-17/h1-6,9-12,17,21H,7-8H2/b11-4+. The topological polar surface area (TPSA) is 87.0 Å². The van der Waals surface area contributed by atoms with Crippen molar-refractivity contribution in [3.05, 3.63) is 71.3 Å². The smallest absolute Gasteiger partial charge is 0.240 e. The van der Waals surface area contributed by atoms with E-state index in [0.717, 1.165) is 18.4 Å². The van der Waals surface area contributed by atoms with Gasteiger partial charge in [0, 0.05) is 11.6 Å². The first-order valence-electron chi connectivity index (χ1n) is 7.83. The number of allylic oxidation sites excluding steroid dienone is 1. The van der Waals surface area contributed by atoms with Crippen LogP contribution < -0.4 is 4.72 Å². The van der Waals surface area contributed by atoms with Gasteiger partial charge in [0.15, 0.2) is 5.78 Å². The number of hydrogen-bond donors (Lipinski definition) is 1. The number of carbonyl (C=O) groups is 1. The van der Waals surface area contributed by atoms with Crippen LogP contribution in [-0.4, -0.2) is 20.2 Å². The Hall–Kier alpha value is -2.75. The first kappa shape index (κ1) is 17.1. The molecule has 0 aromatic heterocycles. The van der Waals surface area contributed by atoms with Crippen molar-refractivity contribution in [2.24, 2.45) is 0 Å². The van der Waals surface area contributed by atoms with Gasteiger partial charge >= 0.3 is 0 Å². The van der Waals surface area contributed by atoms with Crippen LogP contribution in [0.15, 0.2) is 59.5 Å². The molecule has 1 aliphatic rings. The molecule has 0 saturated heterocycles. The van der Waals surface area contributed by atoms with E-state index < -0.39 is 10.0 Å². The number of ketones is 1. The summed E-state index contributed by atoms with van der Waals surface area (Å²) in [7, 11) is -3.51. The lowest BCUT2D eigenvalue weighted by molar-refractivity contribution is 0.104. The molecule has 126 valence electrons. The zero-order chi connectivity index (χ0) is 17.9. The number of carbonyl (C=O) groups excluding carboxylic acids is 1. The van der Waals surface area contributed by atoms with E-state index in [1.165, 1.54) is 30.3 Å². The molecule has 1 saturated carbocycles. The molecule has 1 N–H and O–H groups in total. The third-order valence-electron chi connectivity index (χ3n) is 3.79. The highest BCUT2D eigenvalue weighted by atomic mass is 32.2. The minimum Gasteiger partial charge on any atom is -0.289 e. The Kier molecular flexibility index (Phi) is 4.79. The number of benzene rings is 2. The molecular weight excluding hydrogens is 336 g/mol. The maximum atomic E-state index is 12.2. The van der Waals surface area contributed by atoms with Crippen LogP contribution in [0.1, 0.15) is 34.3 Å². The van der Waals surface area contributed by atoms with Crippen molar-refractivity contribution in [2.45, 2.75) is 23.8 Å². The Labute approximate surface area is 146 Å². The second-order valence-electron chi connectivity index (χ2n) is 5.85. The van der Waals surface area contributed by atoms with Gasteiger partial charge in [0.2, 0.25) is 10.0 Å². The quantitative estimate of drug-likeness (QED) is 0.640. The summed E-state index contributed by atoms with van der Waals surface area (Å²) in [6.45, 7) is 0. The monoisotopic (exact) mass is 352 g/mol. The van der Waals surface area contributed by atoms with E-state index >= 15 is 0 Å². The fourth-order valence-electron chi connectivity index (χ4n) is 2.27. The molecule has 2 aromatic rings. The maximum Gasteiger partial charge on any atom is 0.240 e. The lowest BCUT2D eigenvalue weighted by Crippen LogP contribution is -2.25. The van der Waals surface area contributed by atoms with Gasteiger partial charge in [0.05, 0.1) is 16.5 Å². The molecule has 0 amide bonds. The van der Waals surface area contributed by atoms with Crippen molar-refractivity contribution < 1.29 is 13.2 Å². The molecule has 0 aliphatic heterocycles. The predicted octanol–water partition coefficient (Wildman–Crippen LogP) is 2.90. The third kappa shape index (κ3) is 4.41. The largest absolute Gasteiger partial charge is 0.289 e. The molecule has 0 radical (unpaired) electrons. The Bertz CT molecular complexity index is 966. The van der Waals surface area contributed by atoms with Crippen LogP contribution in [0.2, 0.25) is 0 Å². The van der Waals surface area contributed by atoms with Gasteiger partial charge in [-0.25, -0.2) is 13.1 Å². The van der Waals surface area contributed by atoms with E-state index in [2.05, 4.69) is 4.72 Å². The average Bonchev–Trinajstić information content (AvgIpc) is 3.43. The average molecular weight is 352 g/mol. The van der Waals surface area contributed by atoms with E-state index in [-0.39, 0.29) is 16.7 Å². The highest BCUT2D eigenvalue weighted by Gasteiger charge is 2.27. The Morgan fingerprint density at radius 1 is 1.16 bits per heavy atom. The first-order chi connectivity index (χ1) is 12.0. The van der Waals surface area contributed by atoms with Crippen molar-refractivity contribution in [1.29, 1.82) is 5.26 Å². The van der Waals surface area contributed by atoms with Gasteiger partial charge in [0.1, 0.15) is 0 Å². The number of nitriles is 1. The molecule has 0 heterocycles. The second kappa shape index (κ2) is 7.01. The second-order valence-corrected chi connectivity index (χ2v) is 7.57. The molecule has 1 fully saturated rings. The SMILES string of the molecule is N#Cc1cccc(/C=C/C(=O)c2ccc(S(=O)(=O)NC3CC3)cc2)c1. The molecule has 3 rings (SSSR count). The van der Waals surface area contributed by atoms with Gasteiger partial charge in [-0.3, -0.25) is 4.79 Å². The number of sulfonamides is 1. The van der Waals surface area contributed by atoms with Crippen LogP contribution in [0.25, 0.3) is 6.08 Å². The molecular formula is C19H16N2O3S. The van der Waals surface area contributed by atoms with E-state index in [1.807, 2.05) is 6.07 Å². The molecule has 0 atom stereocenters. The van der Waals surface area contributed by atoms with Crippen LogP contribution in [0, 0.1) is 11.3 Å². The molecule has 0 unspecified atom stereocenters. The van der Waals surface area contributed by atoms with Gasteiger partial charge < -0.3 is 0 Å². The fourth-order valence-corrected chi connectivity index (χ4v) is 3.57. The van der Waals surface area contributed by atoms with Crippen molar-refractivity contribution in [3.63, 3.8) is 0 Å². The van der Waals surface area contributed by atoms with E-state index in [1.54, 1.807) is 30.3 Å². The summed E-state index contributed by atoms with van der Waals surface area (Å²) in [5.41, 5.74) is 1.67. The van der Waals surface area contributed by atoms with Gasteiger partial charge in [0.25, 0.3) is 0 Å². The first-order valence-corrected chi connectivity index (χ1v) is 9.31. The van der Waals surface area contributed by atoms with Crippen LogP contribution in [0.4, 0.5) is 0 Å². The summed E-state index contributed by atoms with van der Waals surface area (Å²) in [5, 5.41) is 8.87. The summed E-state index contributed by atoms with van der Waals surface area (Å²) in [4.78, 5) is 12.4. The Morgan fingerprint density at radius 3 is 2.52 bits per heavy atom. The van der Waals surface area contributed by atoms with Crippen LogP contribution in [0.3, 0.4) is 0 Å². The van der Waals surface area contributed by atoms with Crippen LogP contribution in [0.5, 0.6) is 0 Å². The zero-order valence-electron chi connectivity index (χ0n) is 13.3. The van der Waals surface area contributed by atoms with Crippen molar-refractivity contribution in [2.75, 3.05) is 0 Å². The minimum absolute atomic E-state index is 0.0402. The summed E-state index contributed by atoms with van der Waals surface area (Å²) < 4.78 is 26.8. The van der Waals surface area contributed by atoms with Crippen molar-refractivity contribution in [1.82, 2.24) is 4.72 Å². The highest BCUT2D eigenvalue weighted by molar-refractivity contribution is 7.89. The zero-order valence-corrected chi connectivity index (χ0v) is 14.2. The lowest BCUT2D eigenvalue weighted by Gasteiger charge is -2.05. The molecule has 6 heteroatoms. The summed E-state index contributed by atoms with van der Waals surface area (Å²) in [5.74, 6) is -0.235. The van der Waals surface area contributed by atoms with Gasteiger partial charge in [-0.1, -0.05) is 18.2 Å². The lowest BCUT2D eigenvalue weighted by atomic mass is 10.1. The molecule has 25 heavy (non-hydrogen) atoms. The summed E-state index contributed by atoms with van der Waals surface area (Å²) >= 11 is 0. The molecule has 5 nitrogen and oxygen atoms in total. The summed E-state index contributed by atoms with van der Waals surface area (Å²) in [6, 6.07) is 14.9. The van der Waals surface area contributed by atoms with Gasteiger partial charge in [-0.05, 0) is 60.9 Å². The molecule has 1 aliphatic carbocycles. The predicted molar refractivity (Wildman–Crippen MR) is 94.3 cm³/mol. The highest BCUT2D eigenvalue weighted by Crippen LogP contribution is 2.22. The molecule has 2 aromatic carbocycles. The van der Waals surface area contributed by atoms with Gasteiger partial charge in [-0.15, -0.1) is 0 Å². The van der Waals surface area contributed by atoms with Gasteiger partial charge in [-0.2, -0.15) is 5.26 Å². The number of rotatable bonds is 6. The Morgan fingerprint density at radius 2 is 1.88 bits per heavy atom. The number of hydrogen-bond acceptors (Lipinski definition) is 4. The number of nitrogens with zero attached hydrogens (tertiary/aromatic N) is 1. The molecule has 0 bridgehead atoms. The minimum atomic E-state index is -3.51. The van der Waals surface area contributed by atoms with Crippen molar-refractivity contribution in [3.8, 4) is 6.07 Å². The third-order valence-corrected chi connectivity index (χ3v) is 5.33. The van der Waals surface area contributed by atoms with Crippen LogP contribution in [-0.2, 0) is 10.0 Å². The van der Waals surface area contributed by atoms with Crippen molar-refractivity contribution >= 4 is 21.9 Å². The van der Waals surface area contributed by atoms with E-state index in [4.69, 9.17) is 5.26 Å². The molecule has 0 spiro atoms. The summed E-state index contributed by atoms with van der Waals surface area (Å²) in [6.07, 6.45) is 4.77. The Balaban J connectivity index is 1.72. The maximum absolute atomic E-state index is 12.2.